The zero-order chi connectivity index (χ0) is 16.8. The van der Waals surface area contributed by atoms with Crippen LogP contribution in [-0.2, 0) is 11.2 Å². The summed E-state index contributed by atoms with van der Waals surface area (Å²) < 4.78 is 0. The lowest BCUT2D eigenvalue weighted by Crippen LogP contribution is -2.48. The van der Waals surface area contributed by atoms with Gasteiger partial charge in [-0.25, -0.2) is 0 Å². The first kappa shape index (κ1) is 24.8. The van der Waals surface area contributed by atoms with Crippen molar-refractivity contribution < 1.29 is 9.90 Å². The van der Waals surface area contributed by atoms with E-state index in [-0.39, 0.29) is 30.7 Å². The van der Waals surface area contributed by atoms with Crippen LogP contribution in [0.5, 0.6) is 0 Å². The SMILES string of the molecule is CCCCC(CC1CN(CCc2ccc(Cl)cc2Cl)C1)C(=O)O.Cl.Cl. The molecular weight excluding hydrogens is 404 g/mol. The summed E-state index contributed by atoms with van der Waals surface area (Å²) in [5.74, 6) is -0.286. The summed E-state index contributed by atoms with van der Waals surface area (Å²) in [4.78, 5) is 13.7. The lowest BCUT2D eigenvalue weighted by Gasteiger charge is -2.40. The number of rotatable bonds is 9. The number of benzene rings is 1. The molecule has 0 saturated carbocycles. The summed E-state index contributed by atoms with van der Waals surface area (Å²) in [6.45, 7) is 5.07. The van der Waals surface area contributed by atoms with Gasteiger partial charge in [0, 0.05) is 29.7 Å². The maximum atomic E-state index is 11.3. The van der Waals surface area contributed by atoms with Crippen molar-refractivity contribution in [2.24, 2.45) is 11.8 Å². The van der Waals surface area contributed by atoms with E-state index >= 15 is 0 Å². The monoisotopic (exact) mass is 429 g/mol. The third kappa shape index (κ3) is 7.92. The van der Waals surface area contributed by atoms with E-state index in [1.165, 1.54) is 0 Å². The number of carboxylic acids is 1. The molecule has 144 valence electrons. The van der Waals surface area contributed by atoms with Gasteiger partial charge in [-0.1, -0.05) is 49.0 Å². The third-order valence-electron chi connectivity index (χ3n) is 4.62. The van der Waals surface area contributed by atoms with Gasteiger partial charge < -0.3 is 10.0 Å². The van der Waals surface area contributed by atoms with Crippen LogP contribution in [0.15, 0.2) is 18.2 Å². The first-order valence-electron chi connectivity index (χ1n) is 8.38. The number of nitrogens with zero attached hydrogens (tertiary/aromatic N) is 1. The van der Waals surface area contributed by atoms with Crippen molar-refractivity contribution in [2.75, 3.05) is 19.6 Å². The van der Waals surface area contributed by atoms with E-state index in [9.17, 15) is 9.90 Å². The minimum absolute atomic E-state index is 0. The van der Waals surface area contributed by atoms with Gasteiger partial charge in [0.1, 0.15) is 0 Å². The number of hydrogen-bond donors (Lipinski definition) is 1. The summed E-state index contributed by atoms with van der Waals surface area (Å²) in [6.07, 6.45) is 4.59. The van der Waals surface area contributed by atoms with E-state index in [4.69, 9.17) is 23.2 Å². The molecule has 0 aliphatic carbocycles. The Hall–Kier alpha value is -0.190. The van der Waals surface area contributed by atoms with Crippen LogP contribution in [0.4, 0.5) is 0 Å². The molecule has 1 heterocycles. The van der Waals surface area contributed by atoms with Crippen molar-refractivity contribution in [1.29, 1.82) is 0 Å². The Morgan fingerprint density at radius 1 is 1.32 bits per heavy atom. The number of likely N-dealkylation sites (tertiary alicyclic amines) is 1. The van der Waals surface area contributed by atoms with Gasteiger partial charge in [0.2, 0.25) is 0 Å². The first-order chi connectivity index (χ1) is 11.0. The van der Waals surface area contributed by atoms with Gasteiger partial charge in [-0.15, -0.1) is 24.8 Å². The Bertz CT molecular complexity index is 536. The lowest BCUT2D eigenvalue weighted by atomic mass is 9.86. The molecule has 1 fully saturated rings. The quantitative estimate of drug-likeness (QED) is 0.554. The van der Waals surface area contributed by atoms with Gasteiger partial charge in [0.05, 0.1) is 5.92 Å². The zero-order valence-corrected chi connectivity index (χ0v) is 17.6. The fourth-order valence-electron chi connectivity index (χ4n) is 3.21. The molecule has 1 aromatic carbocycles. The summed E-state index contributed by atoms with van der Waals surface area (Å²) in [7, 11) is 0. The molecule has 2 rings (SSSR count). The number of carboxylic acid groups (broad SMARTS) is 1. The molecule has 1 aliphatic heterocycles. The second-order valence-electron chi connectivity index (χ2n) is 6.52. The van der Waals surface area contributed by atoms with Crippen molar-refractivity contribution >= 4 is 54.0 Å². The number of unbranched alkanes of at least 4 members (excludes halogenated alkanes) is 1. The topological polar surface area (TPSA) is 40.5 Å². The summed E-state index contributed by atoms with van der Waals surface area (Å²) in [5, 5.41) is 10.7. The van der Waals surface area contributed by atoms with Crippen LogP contribution in [0.2, 0.25) is 10.0 Å². The largest absolute Gasteiger partial charge is 0.481 e. The van der Waals surface area contributed by atoms with Crippen LogP contribution in [0.25, 0.3) is 0 Å². The van der Waals surface area contributed by atoms with Crippen molar-refractivity contribution in [2.45, 2.75) is 39.0 Å². The third-order valence-corrected chi connectivity index (χ3v) is 5.21. The summed E-state index contributed by atoms with van der Waals surface area (Å²) in [5.41, 5.74) is 1.12. The summed E-state index contributed by atoms with van der Waals surface area (Å²) in [6, 6.07) is 5.63. The van der Waals surface area contributed by atoms with Crippen LogP contribution in [-0.4, -0.2) is 35.6 Å². The Labute approximate surface area is 172 Å². The standard InChI is InChI=1S/C18H25Cl2NO2.2ClH/c1-2-3-4-15(18(22)23)9-13-11-21(12-13)8-7-14-5-6-16(19)10-17(14)20;;/h5-6,10,13,15H,2-4,7-9,11-12H2,1H3,(H,22,23);2*1H. The predicted octanol–water partition coefficient (Wildman–Crippen LogP) is 5.59. The normalized spacial score (nSPS) is 15.6. The highest BCUT2D eigenvalue weighted by Crippen LogP contribution is 2.27. The molecule has 3 nitrogen and oxygen atoms in total. The van der Waals surface area contributed by atoms with E-state index in [0.717, 1.165) is 62.3 Å². The fourth-order valence-corrected chi connectivity index (χ4v) is 3.71. The molecule has 1 saturated heterocycles. The average molecular weight is 431 g/mol. The Morgan fingerprint density at radius 2 is 2.00 bits per heavy atom. The van der Waals surface area contributed by atoms with E-state index in [1.54, 1.807) is 6.07 Å². The average Bonchev–Trinajstić information content (AvgIpc) is 2.45. The molecule has 25 heavy (non-hydrogen) atoms. The highest BCUT2D eigenvalue weighted by Gasteiger charge is 2.30. The van der Waals surface area contributed by atoms with Gasteiger partial charge in [-0.05, 0) is 42.9 Å². The lowest BCUT2D eigenvalue weighted by molar-refractivity contribution is -0.143. The maximum absolute atomic E-state index is 11.3. The second kappa shape index (κ2) is 12.2. The van der Waals surface area contributed by atoms with Gasteiger partial charge in [-0.2, -0.15) is 0 Å². The van der Waals surface area contributed by atoms with Crippen LogP contribution in [0.1, 0.15) is 38.2 Å². The maximum Gasteiger partial charge on any atom is 0.306 e. The number of halogens is 4. The molecule has 1 N–H and O–H groups in total. The Kier molecular flexibility index (Phi) is 12.1. The zero-order valence-electron chi connectivity index (χ0n) is 14.4. The van der Waals surface area contributed by atoms with Crippen LogP contribution in [0.3, 0.4) is 0 Å². The minimum atomic E-state index is -0.634. The number of carbonyl (C=O) groups is 1. The van der Waals surface area contributed by atoms with Gasteiger partial charge in [0.25, 0.3) is 0 Å². The molecule has 0 amide bonds. The summed E-state index contributed by atoms with van der Waals surface area (Å²) >= 11 is 12.1. The molecule has 7 heteroatoms. The highest BCUT2D eigenvalue weighted by atomic mass is 35.5. The van der Waals surface area contributed by atoms with Crippen LogP contribution in [0, 0.1) is 11.8 Å². The number of aliphatic carboxylic acids is 1. The highest BCUT2D eigenvalue weighted by molar-refractivity contribution is 6.35. The first-order valence-corrected chi connectivity index (χ1v) is 9.14. The van der Waals surface area contributed by atoms with Crippen molar-refractivity contribution in [3.8, 4) is 0 Å². The van der Waals surface area contributed by atoms with Gasteiger partial charge >= 0.3 is 5.97 Å². The Morgan fingerprint density at radius 3 is 2.56 bits per heavy atom. The molecule has 0 bridgehead atoms. The fraction of sp³-hybridized carbons (Fsp3) is 0.611. The Balaban J connectivity index is 0.00000288. The van der Waals surface area contributed by atoms with E-state index in [0.29, 0.717) is 10.9 Å². The molecule has 1 aromatic rings. The van der Waals surface area contributed by atoms with Crippen LogP contribution < -0.4 is 0 Å². The molecular formula is C18H27Cl4NO2. The molecule has 0 spiro atoms. The minimum Gasteiger partial charge on any atom is -0.481 e. The van der Waals surface area contributed by atoms with Crippen molar-refractivity contribution in [1.82, 2.24) is 4.90 Å². The van der Waals surface area contributed by atoms with Gasteiger partial charge in [-0.3, -0.25) is 4.79 Å². The van der Waals surface area contributed by atoms with Crippen molar-refractivity contribution in [3.63, 3.8) is 0 Å². The predicted molar refractivity (Wildman–Crippen MR) is 110 cm³/mol. The number of hydrogen-bond acceptors (Lipinski definition) is 2. The van der Waals surface area contributed by atoms with Crippen LogP contribution >= 0.6 is 48.0 Å². The second-order valence-corrected chi connectivity index (χ2v) is 7.37. The molecule has 1 aliphatic rings. The molecule has 0 aromatic heterocycles. The molecule has 1 unspecified atom stereocenters. The van der Waals surface area contributed by atoms with E-state index < -0.39 is 5.97 Å². The van der Waals surface area contributed by atoms with Gasteiger partial charge in [0.15, 0.2) is 0 Å². The van der Waals surface area contributed by atoms with Crippen molar-refractivity contribution in [3.05, 3.63) is 33.8 Å². The van der Waals surface area contributed by atoms with E-state index in [1.807, 2.05) is 12.1 Å². The molecule has 0 radical (unpaired) electrons. The van der Waals surface area contributed by atoms with E-state index in [2.05, 4.69) is 11.8 Å². The smallest absolute Gasteiger partial charge is 0.306 e. The molecule has 1 atom stereocenters.